The lowest BCUT2D eigenvalue weighted by Gasteiger charge is -2.22. The zero-order valence-corrected chi connectivity index (χ0v) is 21.3. The molecule has 3 N–H and O–H groups in total. The molecule has 0 fully saturated rings. The molecule has 0 bridgehead atoms. The van der Waals surface area contributed by atoms with E-state index in [4.69, 9.17) is 9.47 Å². The van der Waals surface area contributed by atoms with E-state index >= 15 is 0 Å². The number of amides is 2. The van der Waals surface area contributed by atoms with Gasteiger partial charge in [0.1, 0.15) is 25.3 Å². The van der Waals surface area contributed by atoms with Crippen molar-refractivity contribution in [3.8, 4) is 0 Å². The van der Waals surface area contributed by atoms with Crippen LogP contribution >= 0.6 is 0 Å². The summed E-state index contributed by atoms with van der Waals surface area (Å²) in [4.78, 5) is 46.1. The fourth-order valence-corrected chi connectivity index (χ4v) is 3.88. The molecule has 0 radical (unpaired) electrons. The van der Waals surface area contributed by atoms with Gasteiger partial charge in [0.05, 0.1) is 6.33 Å². The number of H-pyrrole nitrogens is 1. The predicted octanol–water partition coefficient (Wildman–Crippen LogP) is 3.72. The van der Waals surface area contributed by atoms with E-state index in [-0.39, 0.29) is 26.1 Å². The molecule has 39 heavy (non-hydrogen) atoms. The molecule has 0 aliphatic rings. The Labute approximate surface area is 226 Å². The van der Waals surface area contributed by atoms with Gasteiger partial charge in [0, 0.05) is 24.7 Å². The molecule has 0 aliphatic carbocycles. The number of imidazole rings is 1. The van der Waals surface area contributed by atoms with Gasteiger partial charge in [-0.3, -0.25) is 4.79 Å². The van der Waals surface area contributed by atoms with Crippen LogP contribution in [0.25, 0.3) is 0 Å². The molecule has 4 rings (SSSR count). The lowest BCUT2D eigenvalue weighted by Crippen LogP contribution is -2.53. The Morgan fingerprint density at radius 1 is 0.692 bits per heavy atom. The Morgan fingerprint density at radius 3 is 1.82 bits per heavy atom. The SMILES string of the molecule is O=C(NC(Cc1cnc[nH]1)C(=O)NC(Cc1ccccc1)C(=O)OCc1ccccc1)OCc1ccccc1. The van der Waals surface area contributed by atoms with Crippen molar-refractivity contribution in [3.05, 3.63) is 126 Å². The number of ether oxygens (including phenoxy) is 2. The van der Waals surface area contributed by atoms with Crippen molar-refractivity contribution in [1.29, 1.82) is 0 Å². The van der Waals surface area contributed by atoms with Gasteiger partial charge in [-0.25, -0.2) is 14.6 Å². The first-order valence-corrected chi connectivity index (χ1v) is 12.6. The summed E-state index contributed by atoms with van der Waals surface area (Å²) in [6.07, 6.45) is 2.62. The van der Waals surface area contributed by atoms with E-state index in [1.807, 2.05) is 91.0 Å². The molecule has 3 aromatic carbocycles. The topological polar surface area (TPSA) is 122 Å². The predicted molar refractivity (Wildman–Crippen MR) is 144 cm³/mol. The number of aromatic amines is 1. The Kier molecular flexibility index (Phi) is 9.83. The number of nitrogens with one attached hydrogen (secondary N) is 3. The van der Waals surface area contributed by atoms with E-state index in [2.05, 4.69) is 20.6 Å². The van der Waals surface area contributed by atoms with E-state index in [9.17, 15) is 14.4 Å². The first-order valence-electron chi connectivity index (χ1n) is 12.6. The number of esters is 1. The van der Waals surface area contributed by atoms with Gasteiger partial charge >= 0.3 is 12.1 Å². The number of alkyl carbamates (subject to hydrolysis) is 1. The maximum absolute atomic E-state index is 13.4. The highest BCUT2D eigenvalue weighted by Gasteiger charge is 2.29. The third kappa shape index (κ3) is 8.85. The summed E-state index contributed by atoms with van der Waals surface area (Å²) < 4.78 is 10.9. The first-order chi connectivity index (χ1) is 19.1. The van der Waals surface area contributed by atoms with Crippen LogP contribution in [0.2, 0.25) is 0 Å². The Morgan fingerprint density at radius 2 is 1.26 bits per heavy atom. The van der Waals surface area contributed by atoms with Crippen molar-refractivity contribution in [3.63, 3.8) is 0 Å². The number of carbonyl (C=O) groups is 3. The second-order valence-electron chi connectivity index (χ2n) is 8.88. The smallest absolute Gasteiger partial charge is 0.408 e. The van der Waals surface area contributed by atoms with Crippen molar-refractivity contribution in [2.45, 2.75) is 38.1 Å². The average Bonchev–Trinajstić information content (AvgIpc) is 3.49. The molecule has 200 valence electrons. The van der Waals surface area contributed by atoms with Crippen molar-refractivity contribution < 1.29 is 23.9 Å². The summed E-state index contributed by atoms with van der Waals surface area (Å²) in [6, 6.07) is 25.8. The number of carbonyl (C=O) groups excluding carboxylic acids is 3. The third-order valence-electron chi connectivity index (χ3n) is 5.91. The van der Waals surface area contributed by atoms with Crippen LogP contribution in [-0.4, -0.2) is 40.0 Å². The molecule has 2 amide bonds. The summed E-state index contributed by atoms with van der Waals surface area (Å²) in [7, 11) is 0. The number of hydrogen-bond acceptors (Lipinski definition) is 6. The highest BCUT2D eigenvalue weighted by Crippen LogP contribution is 2.09. The van der Waals surface area contributed by atoms with Crippen molar-refractivity contribution >= 4 is 18.0 Å². The largest absolute Gasteiger partial charge is 0.459 e. The van der Waals surface area contributed by atoms with Crippen molar-refractivity contribution in [2.24, 2.45) is 0 Å². The summed E-state index contributed by atoms with van der Waals surface area (Å²) >= 11 is 0. The van der Waals surface area contributed by atoms with E-state index in [0.29, 0.717) is 5.69 Å². The number of nitrogens with zero attached hydrogens (tertiary/aromatic N) is 1. The normalized spacial score (nSPS) is 12.1. The van der Waals surface area contributed by atoms with Gasteiger partial charge < -0.3 is 25.1 Å². The molecule has 0 saturated carbocycles. The van der Waals surface area contributed by atoms with Gasteiger partial charge in [0.25, 0.3) is 0 Å². The quantitative estimate of drug-likeness (QED) is 0.242. The minimum atomic E-state index is -1.03. The Balaban J connectivity index is 1.45. The van der Waals surface area contributed by atoms with Gasteiger partial charge in [0.15, 0.2) is 0 Å². The second-order valence-corrected chi connectivity index (χ2v) is 8.88. The Bertz CT molecular complexity index is 1320. The van der Waals surface area contributed by atoms with E-state index in [1.54, 1.807) is 6.20 Å². The molecule has 2 atom stereocenters. The molecule has 0 aliphatic heterocycles. The number of benzene rings is 3. The molecule has 0 saturated heterocycles. The third-order valence-corrected chi connectivity index (χ3v) is 5.91. The number of aromatic nitrogens is 2. The first kappa shape index (κ1) is 27.1. The number of hydrogen-bond donors (Lipinski definition) is 3. The minimum Gasteiger partial charge on any atom is -0.459 e. The minimum absolute atomic E-state index is 0.0491. The Hall–Kier alpha value is -4.92. The molecule has 2 unspecified atom stereocenters. The lowest BCUT2D eigenvalue weighted by molar-refractivity contribution is -0.149. The lowest BCUT2D eigenvalue weighted by atomic mass is 10.0. The maximum atomic E-state index is 13.4. The van der Waals surface area contributed by atoms with E-state index < -0.39 is 30.1 Å². The molecule has 0 spiro atoms. The van der Waals surface area contributed by atoms with E-state index in [1.165, 1.54) is 6.33 Å². The summed E-state index contributed by atoms with van der Waals surface area (Å²) in [5.74, 6) is -1.14. The van der Waals surface area contributed by atoms with Gasteiger partial charge in [-0.05, 0) is 16.7 Å². The molecular weight excluding hydrogens is 496 g/mol. The average molecular weight is 527 g/mol. The summed E-state index contributed by atoms with van der Waals surface area (Å²) in [5.41, 5.74) is 3.12. The summed E-state index contributed by atoms with van der Waals surface area (Å²) in [6.45, 7) is 0.121. The fourth-order valence-electron chi connectivity index (χ4n) is 3.88. The molecule has 9 heteroatoms. The van der Waals surface area contributed by atoms with Crippen molar-refractivity contribution in [1.82, 2.24) is 20.6 Å². The summed E-state index contributed by atoms with van der Waals surface area (Å²) in [5, 5.41) is 5.39. The van der Waals surface area contributed by atoms with Gasteiger partial charge in [-0.2, -0.15) is 0 Å². The fraction of sp³-hybridized carbons (Fsp3) is 0.200. The van der Waals surface area contributed by atoms with Crippen LogP contribution in [0.15, 0.2) is 104 Å². The van der Waals surface area contributed by atoms with Crippen LogP contribution in [-0.2, 0) is 45.1 Å². The van der Waals surface area contributed by atoms with Crippen molar-refractivity contribution in [2.75, 3.05) is 0 Å². The van der Waals surface area contributed by atoms with E-state index in [0.717, 1.165) is 16.7 Å². The molecule has 1 aromatic heterocycles. The molecule has 9 nitrogen and oxygen atoms in total. The standard InChI is InChI=1S/C30H30N4O5/c35-28(26(17-25-18-31-21-32-25)34-30(37)39-20-24-14-8-3-9-15-24)33-27(16-22-10-4-1-5-11-22)29(36)38-19-23-12-6-2-7-13-23/h1-15,18,21,26-27H,16-17,19-20H2,(H,31,32)(H,33,35)(H,34,37). The van der Waals surface area contributed by atoms with Gasteiger partial charge in [0.2, 0.25) is 5.91 Å². The maximum Gasteiger partial charge on any atom is 0.408 e. The van der Waals surface area contributed by atoms with Crippen LogP contribution in [0.1, 0.15) is 22.4 Å². The van der Waals surface area contributed by atoms with Crippen LogP contribution in [0, 0.1) is 0 Å². The zero-order valence-electron chi connectivity index (χ0n) is 21.3. The molecular formula is C30H30N4O5. The zero-order chi connectivity index (χ0) is 27.3. The van der Waals surface area contributed by atoms with Crippen LogP contribution < -0.4 is 10.6 Å². The highest BCUT2D eigenvalue weighted by atomic mass is 16.5. The molecule has 4 aromatic rings. The number of rotatable bonds is 12. The van der Waals surface area contributed by atoms with Gasteiger partial charge in [-0.15, -0.1) is 0 Å². The monoisotopic (exact) mass is 526 g/mol. The van der Waals surface area contributed by atoms with Crippen LogP contribution in [0.5, 0.6) is 0 Å². The highest BCUT2D eigenvalue weighted by molar-refractivity contribution is 5.90. The second kappa shape index (κ2) is 14.1. The van der Waals surface area contributed by atoms with Crippen LogP contribution in [0.4, 0.5) is 4.79 Å². The van der Waals surface area contributed by atoms with Gasteiger partial charge in [-0.1, -0.05) is 91.0 Å². The molecule has 1 heterocycles. The van der Waals surface area contributed by atoms with Crippen LogP contribution in [0.3, 0.4) is 0 Å².